The molecule has 0 bridgehead atoms. The van der Waals surface area contributed by atoms with Gasteiger partial charge in [0.2, 0.25) is 5.91 Å². The summed E-state index contributed by atoms with van der Waals surface area (Å²) in [5.74, 6) is -0.460. The first kappa shape index (κ1) is 18.6. The second-order valence-corrected chi connectivity index (χ2v) is 8.13. The lowest BCUT2D eigenvalue weighted by Crippen LogP contribution is -2.38. The van der Waals surface area contributed by atoms with Crippen LogP contribution in [0.2, 0.25) is 0 Å². The second kappa shape index (κ2) is 7.33. The van der Waals surface area contributed by atoms with Gasteiger partial charge in [0, 0.05) is 0 Å². The van der Waals surface area contributed by atoms with E-state index in [-0.39, 0.29) is 6.42 Å². The number of hydrogen-bond donors (Lipinski definition) is 1. The van der Waals surface area contributed by atoms with Crippen LogP contribution in [-0.4, -0.2) is 33.0 Å². The van der Waals surface area contributed by atoms with Crippen LogP contribution in [0, 0.1) is 6.92 Å². The smallest absolute Gasteiger partial charge is 0.417 e. The van der Waals surface area contributed by atoms with Gasteiger partial charge in [-0.3, -0.25) is 4.79 Å². The average Bonchev–Trinajstić information content (AvgIpc) is 3.19. The molecule has 4 rings (SSSR count). The minimum Gasteiger partial charge on any atom is -0.439 e. The molecular weight excluding hydrogens is 376 g/mol. The van der Waals surface area contributed by atoms with Crippen LogP contribution in [0.5, 0.6) is 0 Å². The maximum absolute atomic E-state index is 12.7. The Morgan fingerprint density at radius 1 is 1.29 bits per heavy atom. The Morgan fingerprint density at radius 3 is 2.79 bits per heavy atom. The van der Waals surface area contributed by atoms with Crippen LogP contribution in [0.25, 0.3) is 10.2 Å². The Bertz CT molecular complexity index is 1030. The van der Waals surface area contributed by atoms with Crippen LogP contribution in [0.3, 0.4) is 0 Å². The lowest BCUT2D eigenvalue weighted by molar-refractivity contribution is -0.131. The van der Waals surface area contributed by atoms with Gasteiger partial charge in [0.15, 0.2) is 0 Å². The highest BCUT2D eigenvalue weighted by Crippen LogP contribution is 2.34. The van der Waals surface area contributed by atoms with Crippen LogP contribution < -0.4 is 0 Å². The first-order valence-corrected chi connectivity index (χ1v) is 9.88. The van der Waals surface area contributed by atoms with Gasteiger partial charge in [0.25, 0.3) is 0 Å². The molecule has 144 valence electrons. The molecule has 1 aliphatic heterocycles. The predicted molar refractivity (Wildman–Crippen MR) is 106 cm³/mol. The van der Waals surface area contributed by atoms with E-state index in [1.165, 1.54) is 0 Å². The van der Waals surface area contributed by atoms with Crippen LogP contribution in [0.1, 0.15) is 41.7 Å². The third-order valence-electron chi connectivity index (χ3n) is 4.94. The highest BCUT2D eigenvalue weighted by atomic mass is 32.1. The molecule has 0 saturated carbocycles. The Hall–Kier alpha value is -2.77. The third kappa shape index (κ3) is 3.39. The van der Waals surface area contributed by atoms with Crippen molar-refractivity contribution in [3.05, 3.63) is 64.7 Å². The minimum absolute atomic E-state index is 0.199. The zero-order valence-corrected chi connectivity index (χ0v) is 16.3. The van der Waals surface area contributed by atoms with Gasteiger partial charge in [-0.05, 0) is 37.1 Å². The quantitative estimate of drug-likeness (QED) is 0.717. The number of amides is 2. The summed E-state index contributed by atoms with van der Waals surface area (Å²) in [4.78, 5) is 30.6. The summed E-state index contributed by atoms with van der Waals surface area (Å²) in [6.45, 7) is 3.70. The molecule has 1 N–H and O–H groups in total. The summed E-state index contributed by atoms with van der Waals surface area (Å²) >= 11 is 1.58. The topological polar surface area (TPSA) is 79.7 Å². The van der Waals surface area contributed by atoms with Crippen LogP contribution in [0.15, 0.2) is 48.5 Å². The van der Waals surface area contributed by atoms with Crippen molar-refractivity contribution >= 4 is 33.6 Å². The molecule has 1 aliphatic rings. The number of thiazole rings is 1. The van der Waals surface area contributed by atoms with E-state index in [2.05, 4.69) is 4.98 Å². The number of rotatable bonds is 4. The highest BCUT2D eigenvalue weighted by Gasteiger charge is 2.43. The zero-order chi connectivity index (χ0) is 19.8. The van der Waals surface area contributed by atoms with E-state index >= 15 is 0 Å². The number of carbonyl (C=O) groups is 2. The maximum atomic E-state index is 12.7. The molecule has 0 radical (unpaired) electrons. The molecule has 28 heavy (non-hydrogen) atoms. The molecule has 6 nitrogen and oxygen atoms in total. The van der Waals surface area contributed by atoms with Gasteiger partial charge in [0.05, 0.1) is 33.8 Å². The van der Waals surface area contributed by atoms with Crippen molar-refractivity contribution in [2.45, 2.75) is 38.5 Å². The van der Waals surface area contributed by atoms with E-state index in [0.717, 1.165) is 25.7 Å². The number of aryl methyl sites for hydroxylation is 1. The fourth-order valence-electron chi connectivity index (χ4n) is 3.53. The van der Waals surface area contributed by atoms with E-state index in [9.17, 15) is 14.7 Å². The van der Waals surface area contributed by atoms with Gasteiger partial charge in [-0.25, -0.2) is 14.7 Å². The van der Waals surface area contributed by atoms with Gasteiger partial charge in [-0.15, -0.1) is 11.3 Å². The van der Waals surface area contributed by atoms with Gasteiger partial charge in [-0.2, -0.15) is 0 Å². The van der Waals surface area contributed by atoms with Crippen molar-refractivity contribution in [2.75, 3.05) is 0 Å². The fraction of sp³-hybridized carbons (Fsp3) is 0.286. The second-order valence-electron chi connectivity index (χ2n) is 6.90. The maximum Gasteiger partial charge on any atom is 0.417 e. The monoisotopic (exact) mass is 396 g/mol. The van der Waals surface area contributed by atoms with Crippen molar-refractivity contribution in [1.29, 1.82) is 0 Å². The number of nitrogens with zero attached hydrogens (tertiary/aromatic N) is 2. The molecule has 0 spiro atoms. The first-order valence-electron chi connectivity index (χ1n) is 9.07. The Balaban J connectivity index is 1.49. The number of aromatic nitrogens is 1. The van der Waals surface area contributed by atoms with E-state index in [1.807, 2.05) is 43.3 Å². The molecular formula is C21H20N2O4S. The number of aliphatic hydroxyl groups excluding tert-OH is 1. The molecule has 2 aromatic carbocycles. The Labute approximate surface area is 166 Å². The predicted octanol–water partition coefficient (Wildman–Crippen LogP) is 4.14. The van der Waals surface area contributed by atoms with E-state index in [4.69, 9.17) is 4.74 Å². The fourth-order valence-corrected chi connectivity index (χ4v) is 4.34. The standard InChI is InChI=1S/C21H20N2O4S/c1-12-20(14-6-4-3-5-7-14)27-21(26)23(12)19(25)11-17(24)15-8-9-18-16(10-15)22-13(2)28-18/h3-10,12,17,20,24H,11H2,1-2H3/t12-,17?,20-/m0/s1. The zero-order valence-electron chi connectivity index (χ0n) is 15.5. The average molecular weight is 396 g/mol. The number of ether oxygens (including phenoxy) is 1. The number of carbonyl (C=O) groups excluding carboxylic acids is 2. The molecule has 3 atom stereocenters. The molecule has 2 amide bonds. The summed E-state index contributed by atoms with van der Waals surface area (Å²) in [5.41, 5.74) is 2.24. The molecule has 1 unspecified atom stereocenters. The van der Waals surface area contributed by atoms with E-state index < -0.39 is 30.3 Å². The normalized spacial score (nSPS) is 20.4. The molecule has 0 aliphatic carbocycles. The molecule has 7 heteroatoms. The van der Waals surface area contributed by atoms with Gasteiger partial charge in [0.1, 0.15) is 6.10 Å². The summed E-state index contributed by atoms with van der Waals surface area (Å²) in [5, 5.41) is 11.5. The first-order chi connectivity index (χ1) is 13.4. The van der Waals surface area contributed by atoms with Crippen LogP contribution in [-0.2, 0) is 9.53 Å². The minimum atomic E-state index is -1.02. The van der Waals surface area contributed by atoms with Crippen molar-refractivity contribution < 1.29 is 19.4 Å². The van der Waals surface area contributed by atoms with Crippen molar-refractivity contribution in [1.82, 2.24) is 9.88 Å². The number of cyclic esters (lactones) is 1. The summed E-state index contributed by atoms with van der Waals surface area (Å²) in [7, 11) is 0. The number of imide groups is 1. The van der Waals surface area contributed by atoms with Gasteiger partial charge < -0.3 is 9.84 Å². The van der Waals surface area contributed by atoms with Crippen molar-refractivity contribution in [2.24, 2.45) is 0 Å². The molecule has 1 aromatic heterocycles. The Kier molecular flexibility index (Phi) is 4.87. The van der Waals surface area contributed by atoms with E-state index in [1.54, 1.807) is 30.4 Å². The summed E-state index contributed by atoms with van der Waals surface area (Å²) in [6, 6.07) is 14.3. The van der Waals surface area contributed by atoms with Gasteiger partial charge >= 0.3 is 6.09 Å². The summed E-state index contributed by atoms with van der Waals surface area (Å²) < 4.78 is 6.45. The number of benzene rings is 2. The highest BCUT2D eigenvalue weighted by molar-refractivity contribution is 7.18. The van der Waals surface area contributed by atoms with Crippen molar-refractivity contribution in [3.8, 4) is 0 Å². The van der Waals surface area contributed by atoms with Crippen LogP contribution >= 0.6 is 11.3 Å². The molecule has 1 saturated heterocycles. The number of aliphatic hydroxyl groups is 1. The van der Waals surface area contributed by atoms with Gasteiger partial charge in [-0.1, -0.05) is 36.4 Å². The van der Waals surface area contributed by atoms with Crippen LogP contribution in [0.4, 0.5) is 4.79 Å². The molecule has 3 aromatic rings. The SMILES string of the molecule is Cc1nc2cc(C(O)CC(=O)N3C(=O)O[C@H](c4ccccc4)[C@@H]3C)ccc2s1. The third-order valence-corrected chi connectivity index (χ3v) is 5.89. The lowest BCUT2D eigenvalue weighted by atomic mass is 10.0. The number of hydrogen-bond acceptors (Lipinski definition) is 6. The lowest BCUT2D eigenvalue weighted by Gasteiger charge is -2.20. The molecule has 2 heterocycles. The number of fused-ring (bicyclic) bond motifs is 1. The summed E-state index contributed by atoms with van der Waals surface area (Å²) in [6.07, 6.45) is -2.40. The van der Waals surface area contributed by atoms with E-state index in [0.29, 0.717) is 5.56 Å². The Morgan fingerprint density at radius 2 is 2.04 bits per heavy atom. The molecule has 1 fully saturated rings. The van der Waals surface area contributed by atoms with Crippen molar-refractivity contribution in [3.63, 3.8) is 0 Å². The largest absolute Gasteiger partial charge is 0.439 e.